The average molecular weight is 519 g/mol. The zero-order valence-corrected chi connectivity index (χ0v) is 23.0. The molecule has 2 N–H and O–H groups in total. The smallest absolute Gasteiger partial charge is 0.225 e. The highest BCUT2D eigenvalue weighted by Crippen LogP contribution is 2.42. The third-order valence-electron chi connectivity index (χ3n) is 8.46. The number of rotatable bonds is 3. The molecule has 39 heavy (non-hydrogen) atoms. The van der Waals surface area contributed by atoms with E-state index in [0.717, 1.165) is 76.3 Å². The average Bonchev–Trinajstić information content (AvgIpc) is 3.56. The highest BCUT2D eigenvalue weighted by Gasteiger charge is 2.32. The van der Waals surface area contributed by atoms with E-state index in [9.17, 15) is 5.11 Å². The van der Waals surface area contributed by atoms with E-state index in [4.69, 9.17) is 15.1 Å². The number of aromatic amines is 1. The summed E-state index contributed by atoms with van der Waals surface area (Å²) in [6, 6.07) is 11.0. The van der Waals surface area contributed by atoms with Crippen molar-refractivity contribution in [1.29, 1.82) is 0 Å². The van der Waals surface area contributed by atoms with Crippen LogP contribution in [0.4, 0.5) is 5.95 Å². The van der Waals surface area contributed by atoms with Gasteiger partial charge in [0.25, 0.3) is 0 Å². The normalized spacial score (nSPS) is 14.5. The van der Waals surface area contributed by atoms with Gasteiger partial charge in [-0.1, -0.05) is 45.9 Å². The summed E-state index contributed by atoms with van der Waals surface area (Å²) in [5.74, 6) is 0.761. The van der Waals surface area contributed by atoms with E-state index in [1.807, 2.05) is 18.6 Å². The van der Waals surface area contributed by atoms with Gasteiger partial charge >= 0.3 is 0 Å². The number of nitrogens with zero attached hydrogens (tertiary/aromatic N) is 5. The fraction of sp³-hybridized carbons (Fsp3) is 0.344. The maximum Gasteiger partial charge on any atom is 0.225 e. The van der Waals surface area contributed by atoms with Crippen molar-refractivity contribution in [2.45, 2.75) is 65.5 Å². The number of anilines is 1. The molecule has 7 rings (SSSR count). The number of hydrogen-bond donors (Lipinski definition) is 2. The molecular weight excluding hydrogens is 484 g/mol. The van der Waals surface area contributed by atoms with Crippen LogP contribution in [0.3, 0.4) is 0 Å². The van der Waals surface area contributed by atoms with Gasteiger partial charge in [-0.05, 0) is 46.2 Å². The molecular formula is C32H34N6O. The molecule has 0 saturated carbocycles. The second-order valence-electron chi connectivity index (χ2n) is 11.8. The molecule has 0 saturated heterocycles. The van der Waals surface area contributed by atoms with Gasteiger partial charge in [-0.25, -0.2) is 14.6 Å². The van der Waals surface area contributed by atoms with Crippen LogP contribution in [-0.2, 0) is 37.8 Å². The Balaban J connectivity index is 1.45. The second kappa shape index (κ2) is 8.78. The van der Waals surface area contributed by atoms with Gasteiger partial charge in [0.2, 0.25) is 5.95 Å². The van der Waals surface area contributed by atoms with Crippen LogP contribution in [0.25, 0.3) is 27.8 Å². The molecule has 5 heterocycles. The topological polar surface area (TPSA) is 82.9 Å². The van der Waals surface area contributed by atoms with Crippen molar-refractivity contribution in [1.82, 2.24) is 24.7 Å². The van der Waals surface area contributed by atoms with Gasteiger partial charge in [0.05, 0.1) is 29.2 Å². The number of H-pyrrole nitrogens is 1. The van der Waals surface area contributed by atoms with Gasteiger partial charge in [0, 0.05) is 66.6 Å². The van der Waals surface area contributed by atoms with Gasteiger partial charge in [-0.3, -0.25) is 0 Å². The van der Waals surface area contributed by atoms with Crippen molar-refractivity contribution in [3.05, 3.63) is 88.0 Å². The van der Waals surface area contributed by atoms with E-state index in [1.54, 1.807) is 0 Å². The number of aliphatic hydroxyl groups excluding tert-OH is 1. The zero-order chi connectivity index (χ0) is 26.9. The van der Waals surface area contributed by atoms with E-state index < -0.39 is 0 Å². The Bertz CT molecular complexity index is 1720. The first-order valence-corrected chi connectivity index (χ1v) is 13.9. The molecule has 198 valence electrons. The molecule has 3 aromatic heterocycles. The van der Waals surface area contributed by atoms with Crippen LogP contribution in [0.1, 0.15) is 66.8 Å². The maximum atomic E-state index is 10.4. The lowest BCUT2D eigenvalue weighted by Gasteiger charge is -2.28. The standard InChI is InChI=1S/C32H34N6O/c1-5-19-7-6-8-20-13-21-14-24(23-9-11-33-28(23)26(21)18-39)30-25-17-37(12-10-27(25)36-38(30)29(19)20)31-34-15-22(16-35-31)32(2,3)4/h6-9,11,14-16,33,39H,5,10,12-13,17-18H2,1-4H3. The van der Waals surface area contributed by atoms with Crippen molar-refractivity contribution in [3.8, 4) is 16.9 Å². The molecule has 0 spiro atoms. The molecule has 7 heteroatoms. The lowest BCUT2D eigenvalue weighted by Crippen LogP contribution is -2.32. The molecule has 7 nitrogen and oxygen atoms in total. The molecule has 0 radical (unpaired) electrons. The first-order valence-electron chi connectivity index (χ1n) is 13.9. The SMILES string of the molecule is CCc1cccc2c1-n1nc3c(c1-c1cc(c(CO)c4[nH]ccc14)C2)CN(c1ncc(C(C)(C)C)cn1)CC3. The van der Waals surface area contributed by atoms with Gasteiger partial charge in [-0.15, -0.1) is 0 Å². The summed E-state index contributed by atoms with van der Waals surface area (Å²) < 4.78 is 2.22. The van der Waals surface area contributed by atoms with Crippen LogP contribution in [0.5, 0.6) is 0 Å². The number of para-hydroxylation sites is 1. The summed E-state index contributed by atoms with van der Waals surface area (Å²) >= 11 is 0. The highest BCUT2D eigenvalue weighted by atomic mass is 16.3. The van der Waals surface area contributed by atoms with Gasteiger partial charge < -0.3 is 15.0 Å². The summed E-state index contributed by atoms with van der Waals surface area (Å²) in [5, 5.41) is 16.8. The molecule has 0 unspecified atom stereocenters. The van der Waals surface area contributed by atoms with Crippen molar-refractivity contribution < 1.29 is 5.11 Å². The quantitative estimate of drug-likeness (QED) is 0.317. The van der Waals surface area contributed by atoms with E-state index >= 15 is 0 Å². The second-order valence-corrected chi connectivity index (χ2v) is 11.8. The van der Waals surface area contributed by atoms with E-state index in [0.29, 0.717) is 6.54 Å². The number of benzene rings is 2. The van der Waals surface area contributed by atoms with E-state index in [2.05, 4.69) is 72.6 Å². The Morgan fingerprint density at radius 3 is 2.64 bits per heavy atom. The molecule has 2 aromatic carbocycles. The van der Waals surface area contributed by atoms with Crippen molar-refractivity contribution in [2.24, 2.45) is 0 Å². The molecule has 0 atom stereocenters. The molecule has 0 fully saturated rings. The number of aliphatic hydroxyl groups is 1. The lowest BCUT2D eigenvalue weighted by molar-refractivity contribution is 0.282. The summed E-state index contributed by atoms with van der Waals surface area (Å²) in [6.45, 7) is 10.3. The van der Waals surface area contributed by atoms with Crippen molar-refractivity contribution in [2.75, 3.05) is 11.4 Å². The fourth-order valence-electron chi connectivity index (χ4n) is 6.28. The molecule has 2 aliphatic rings. The first-order chi connectivity index (χ1) is 18.9. The third kappa shape index (κ3) is 3.71. The van der Waals surface area contributed by atoms with Gasteiger partial charge in [0.15, 0.2) is 0 Å². The molecule has 0 aliphatic carbocycles. The van der Waals surface area contributed by atoms with Crippen LogP contribution >= 0.6 is 0 Å². The number of nitrogens with one attached hydrogen (secondary N) is 1. The summed E-state index contributed by atoms with van der Waals surface area (Å²) in [5.41, 5.74) is 12.7. The van der Waals surface area contributed by atoms with Crippen LogP contribution in [0.15, 0.2) is 48.9 Å². The zero-order valence-electron chi connectivity index (χ0n) is 23.0. The Kier molecular flexibility index (Phi) is 5.42. The summed E-state index contributed by atoms with van der Waals surface area (Å²) in [7, 11) is 0. The fourth-order valence-corrected chi connectivity index (χ4v) is 6.28. The van der Waals surface area contributed by atoms with Crippen LogP contribution in [0.2, 0.25) is 0 Å². The maximum absolute atomic E-state index is 10.4. The van der Waals surface area contributed by atoms with Crippen LogP contribution in [0, 0.1) is 0 Å². The van der Waals surface area contributed by atoms with Gasteiger partial charge in [0.1, 0.15) is 0 Å². The third-order valence-corrected chi connectivity index (χ3v) is 8.46. The molecule has 2 aliphatic heterocycles. The summed E-state index contributed by atoms with van der Waals surface area (Å²) in [6.07, 6.45) is 8.42. The monoisotopic (exact) mass is 518 g/mol. The minimum absolute atomic E-state index is 0.00246. The van der Waals surface area contributed by atoms with Gasteiger partial charge in [-0.2, -0.15) is 5.10 Å². The van der Waals surface area contributed by atoms with Crippen molar-refractivity contribution in [3.63, 3.8) is 0 Å². The molecule has 2 bridgehead atoms. The largest absolute Gasteiger partial charge is 0.392 e. The number of aryl methyl sites for hydroxylation is 1. The minimum atomic E-state index is 0.00246. The lowest BCUT2D eigenvalue weighted by atomic mass is 9.88. The van der Waals surface area contributed by atoms with Crippen LogP contribution in [-0.4, -0.2) is 36.4 Å². The Hall–Kier alpha value is -3.97. The van der Waals surface area contributed by atoms with Crippen molar-refractivity contribution >= 4 is 16.9 Å². The van der Waals surface area contributed by atoms with E-state index in [-0.39, 0.29) is 12.0 Å². The molecule has 5 aromatic rings. The summed E-state index contributed by atoms with van der Waals surface area (Å²) in [4.78, 5) is 15.3. The Morgan fingerprint density at radius 2 is 1.90 bits per heavy atom. The highest BCUT2D eigenvalue weighted by molar-refractivity contribution is 5.98. The van der Waals surface area contributed by atoms with E-state index in [1.165, 1.54) is 22.4 Å². The Morgan fingerprint density at radius 1 is 1.08 bits per heavy atom. The number of aromatic nitrogens is 5. The van der Waals surface area contributed by atoms with Crippen LogP contribution < -0.4 is 4.90 Å². The Labute approximate surface area is 228 Å². The predicted octanol–water partition coefficient (Wildman–Crippen LogP) is 5.63. The predicted molar refractivity (Wildman–Crippen MR) is 154 cm³/mol. The number of fused-ring (bicyclic) bond motifs is 10. The minimum Gasteiger partial charge on any atom is -0.392 e. The first kappa shape index (κ1) is 24.1. The molecule has 0 amide bonds. The number of hydrogen-bond acceptors (Lipinski definition) is 5.